The van der Waals surface area contributed by atoms with E-state index < -0.39 is 0 Å². The van der Waals surface area contributed by atoms with Crippen molar-refractivity contribution in [2.75, 3.05) is 13.7 Å². The second-order valence-corrected chi connectivity index (χ2v) is 6.29. The Hall–Kier alpha value is -1.21. The standard InChI is InChI=1S/C14H18N2O2S2/c1-18-10(9-15)8-13(17)16-14(11-4-2-6-19-11)12-5-3-7-20-12/h2-7,10,14H,8-9,15H2,1H3,(H,16,17). The highest BCUT2D eigenvalue weighted by Gasteiger charge is 2.20. The summed E-state index contributed by atoms with van der Waals surface area (Å²) in [6, 6.07) is 7.96. The molecule has 0 aliphatic carbocycles. The maximum Gasteiger partial charge on any atom is 0.223 e. The monoisotopic (exact) mass is 310 g/mol. The van der Waals surface area contributed by atoms with Crippen molar-refractivity contribution in [3.05, 3.63) is 44.8 Å². The van der Waals surface area contributed by atoms with Gasteiger partial charge in [0.25, 0.3) is 0 Å². The number of carbonyl (C=O) groups is 1. The number of rotatable bonds is 7. The molecule has 0 aliphatic heterocycles. The zero-order valence-electron chi connectivity index (χ0n) is 11.2. The Balaban J connectivity index is 2.07. The number of nitrogens with one attached hydrogen (secondary N) is 1. The fourth-order valence-electron chi connectivity index (χ4n) is 1.88. The highest BCUT2D eigenvalue weighted by atomic mass is 32.1. The average Bonchev–Trinajstić information content (AvgIpc) is 3.14. The van der Waals surface area contributed by atoms with Gasteiger partial charge in [-0.1, -0.05) is 12.1 Å². The summed E-state index contributed by atoms with van der Waals surface area (Å²) in [5.74, 6) is -0.0471. The Labute approximate surface area is 126 Å². The first-order chi connectivity index (χ1) is 9.74. The Kier molecular flexibility index (Phi) is 5.72. The van der Waals surface area contributed by atoms with Gasteiger partial charge in [0.05, 0.1) is 18.6 Å². The number of nitrogens with two attached hydrogens (primary N) is 1. The number of ether oxygens (including phenoxy) is 1. The number of methoxy groups -OCH3 is 1. The number of hydrogen-bond donors (Lipinski definition) is 2. The molecule has 20 heavy (non-hydrogen) atoms. The van der Waals surface area contributed by atoms with Crippen LogP contribution in [0.5, 0.6) is 0 Å². The van der Waals surface area contributed by atoms with Crippen LogP contribution in [0.15, 0.2) is 35.0 Å². The molecule has 1 unspecified atom stereocenters. The van der Waals surface area contributed by atoms with Gasteiger partial charge in [-0.3, -0.25) is 4.79 Å². The molecule has 0 radical (unpaired) electrons. The van der Waals surface area contributed by atoms with Gasteiger partial charge in [0, 0.05) is 23.4 Å². The number of thiophene rings is 2. The number of hydrogen-bond acceptors (Lipinski definition) is 5. The molecule has 1 amide bonds. The van der Waals surface area contributed by atoms with E-state index in [0.717, 1.165) is 9.75 Å². The summed E-state index contributed by atoms with van der Waals surface area (Å²) in [6.07, 6.45) is 0.0441. The Morgan fingerprint density at radius 2 is 1.90 bits per heavy atom. The first kappa shape index (κ1) is 15.2. The van der Waals surface area contributed by atoms with Crippen LogP contribution in [0.3, 0.4) is 0 Å². The van der Waals surface area contributed by atoms with Crippen LogP contribution in [0.1, 0.15) is 22.2 Å². The van der Waals surface area contributed by atoms with Crippen molar-refractivity contribution in [2.45, 2.75) is 18.6 Å². The summed E-state index contributed by atoms with van der Waals surface area (Å²) in [4.78, 5) is 14.4. The van der Waals surface area contributed by atoms with Crippen molar-refractivity contribution in [1.29, 1.82) is 0 Å². The fourth-order valence-corrected chi connectivity index (χ4v) is 3.54. The molecule has 2 heterocycles. The summed E-state index contributed by atoms with van der Waals surface area (Å²) in [5.41, 5.74) is 5.55. The molecule has 0 bridgehead atoms. The molecule has 2 rings (SSSR count). The molecule has 0 aliphatic rings. The molecule has 4 nitrogen and oxygen atoms in total. The van der Waals surface area contributed by atoms with E-state index in [1.165, 1.54) is 0 Å². The summed E-state index contributed by atoms with van der Waals surface area (Å²) in [7, 11) is 1.57. The normalized spacial score (nSPS) is 12.6. The minimum atomic E-state index is -0.234. The summed E-state index contributed by atoms with van der Waals surface area (Å²) < 4.78 is 5.15. The molecule has 0 fully saturated rings. The Morgan fingerprint density at radius 1 is 1.30 bits per heavy atom. The van der Waals surface area contributed by atoms with Gasteiger partial charge in [-0.2, -0.15) is 0 Å². The summed E-state index contributed by atoms with van der Waals surface area (Å²) in [5, 5.41) is 7.09. The van der Waals surface area contributed by atoms with Gasteiger partial charge in [0.15, 0.2) is 0 Å². The molecular formula is C14H18N2O2S2. The molecule has 0 saturated carbocycles. The van der Waals surface area contributed by atoms with E-state index in [1.807, 2.05) is 35.0 Å². The molecule has 0 spiro atoms. The van der Waals surface area contributed by atoms with Gasteiger partial charge in [-0.25, -0.2) is 0 Å². The lowest BCUT2D eigenvalue weighted by Gasteiger charge is -2.18. The van der Waals surface area contributed by atoms with E-state index in [0.29, 0.717) is 6.54 Å². The molecule has 6 heteroatoms. The third-order valence-electron chi connectivity index (χ3n) is 2.97. The Morgan fingerprint density at radius 3 is 2.30 bits per heavy atom. The van der Waals surface area contributed by atoms with Crippen LogP contribution in [-0.2, 0) is 9.53 Å². The van der Waals surface area contributed by atoms with Gasteiger partial charge in [-0.15, -0.1) is 22.7 Å². The first-order valence-corrected chi connectivity index (χ1v) is 8.09. The third-order valence-corrected chi connectivity index (χ3v) is 4.84. The topological polar surface area (TPSA) is 64.3 Å². The predicted molar refractivity (Wildman–Crippen MR) is 83.1 cm³/mol. The molecule has 1 atom stereocenters. The molecule has 2 aromatic rings. The van der Waals surface area contributed by atoms with Crippen LogP contribution in [-0.4, -0.2) is 25.7 Å². The van der Waals surface area contributed by atoms with Gasteiger partial charge >= 0.3 is 0 Å². The van der Waals surface area contributed by atoms with Crippen molar-refractivity contribution < 1.29 is 9.53 Å². The van der Waals surface area contributed by atoms with E-state index in [2.05, 4.69) is 5.32 Å². The van der Waals surface area contributed by atoms with E-state index in [4.69, 9.17) is 10.5 Å². The van der Waals surface area contributed by atoms with E-state index in [9.17, 15) is 4.79 Å². The van der Waals surface area contributed by atoms with Crippen LogP contribution in [0.2, 0.25) is 0 Å². The van der Waals surface area contributed by atoms with E-state index in [1.54, 1.807) is 29.8 Å². The minimum Gasteiger partial charge on any atom is -0.380 e. The van der Waals surface area contributed by atoms with Crippen molar-refractivity contribution >= 4 is 28.6 Å². The average molecular weight is 310 g/mol. The molecular weight excluding hydrogens is 292 g/mol. The smallest absolute Gasteiger partial charge is 0.223 e. The summed E-state index contributed by atoms with van der Waals surface area (Å²) in [6.45, 7) is 0.340. The predicted octanol–water partition coefficient (Wildman–Crippen LogP) is 2.38. The van der Waals surface area contributed by atoms with Gasteiger partial charge in [0.2, 0.25) is 5.91 Å². The van der Waals surface area contributed by atoms with Crippen molar-refractivity contribution in [3.8, 4) is 0 Å². The quantitative estimate of drug-likeness (QED) is 0.825. The second kappa shape index (κ2) is 7.54. The van der Waals surface area contributed by atoms with Crippen molar-refractivity contribution in [3.63, 3.8) is 0 Å². The van der Waals surface area contributed by atoms with E-state index >= 15 is 0 Å². The Bertz CT molecular complexity index is 473. The van der Waals surface area contributed by atoms with Crippen LogP contribution in [0.25, 0.3) is 0 Å². The summed E-state index contributed by atoms with van der Waals surface area (Å²) >= 11 is 3.28. The van der Waals surface area contributed by atoms with Crippen LogP contribution in [0, 0.1) is 0 Å². The maximum atomic E-state index is 12.1. The molecule has 3 N–H and O–H groups in total. The molecule has 108 valence electrons. The van der Waals surface area contributed by atoms with Gasteiger partial charge in [0.1, 0.15) is 0 Å². The highest BCUT2D eigenvalue weighted by molar-refractivity contribution is 7.11. The maximum absolute atomic E-state index is 12.1. The zero-order chi connectivity index (χ0) is 14.4. The third kappa shape index (κ3) is 3.89. The van der Waals surface area contributed by atoms with Gasteiger partial charge < -0.3 is 15.8 Å². The largest absolute Gasteiger partial charge is 0.380 e. The van der Waals surface area contributed by atoms with Crippen molar-refractivity contribution in [1.82, 2.24) is 5.32 Å². The van der Waals surface area contributed by atoms with Crippen LogP contribution >= 0.6 is 22.7 Å². The zero-order valence-corrected chi connectivity index (χ0v) is 12.9. The lowest BCUT2D eigenvalue weighted by atomic mass is 10.1. The highest BCUT2D eigenvalue weighted by Crippen LogP contribution is 2.29. The lowest BCUT2D eigenvalue weighted by Crippen LogP contribution is -2.34. The SMILES string of the molecule is COC(CN)CC(=O)NC(c1cccs1)c1cccs1. The molecule has 2 aromatic heterocycles. The van der Waals surface area contributed by atoms with E-state index in [-0.39, 0.29) is 24.5 Å². The van der Waals surface area contributed by atoms with Crippen LogP contribution in [0.4, 0.5) is 0 Å². The lowest BCUT2D eigenvalue weighted by molar-refractivity contribution is -0.123. The molecule has 0 aromatic carbocycles. The minimum absolute atomic E-state index is 0.0471. The number of carbonyl (C=O) groups excluding carboxylic acids is 1. The fraction of sp³-hybridized carbons (Fsp3) is 0.357. The van der Waals surface area contributed by atoms with Crippen molar-refractivity contribution in [2.24, 2.45) is 5.73 Å². The first-order valence-electron chi connectivity index (χ1n) is 6.33. The van der Waals surface area contributed by atoms with Gasteiger partial charge in [-0.05, 0) is 22.9 Å². The molecule has 0 saturated heterocycles. The van der Waals surface area contributed by atoms with Crippen LogP contribution < -0.4 is 11.1 Å². The number of amides is 1. The second-order valence-electron chi connectivity index (χ2n) is 4.33.